The fourth-order valence-corrected chi connectivity index (χ4v) is 3.16. The van der Waals surface area contributed by atoms with Gasteiger partial charge in [0.2, 0.25) is 0 Å². The standard InChI is InChI=1S/C18H27N/c1-4-16-11-9-15(14-17(16)5-2)10-12-18-8-6-7-13-19(18)3/h4,9,11,14,18H,1,5-8,10,12-13H2,2-3H3. The van der Waals surface area contributed by atoms with Crippen LogP contribution < -0.4 is 0 Å². The molecule has 1 heterocycles. The van der Waals surface area contributed by atoms with Crippen molar-refractivity contribution in [1.29, 1.82) is 0 Å². The summed E-state index contributed by atoms with van der Waals surface area (Å²) in [6, 6.07) is 7.67. The molecule has 19 heavy (non-hydrogen) atoms. The molecule has 0 amide bonds. The van der Waals surface area contributed by atoms with Crippen LogP contribution >= 0.6 is 0 Å². The molecule has 104 valence electrons. The van der Waals surface area contributed by atoms with E-state index in [0.29, 0.717) is 0 Å². The third kappa shape index (κ3) is 3.70. The summed E-state index contributed by atoms with van der Waals surface area (Å²) < 4.78 is 0. The molecular formula is C18H27N. The van der Waals surface area contributed by atoms with E-state index in [4.69, 9.17) is 0 Å². The first-order chi connectivity index (χ1) is 9.24. The van der Waals surface area contributed by atoms with Crippen LogP contribution in [0.5, 0.6) is 0 Å². The van der Waals surface area contributed by atoms with Crippen LogP contribution in [0.4, 0.5) is 0 Å². The lowest BCUT2D eigenvalue weighted by Gasteiger charge is -2.32. The lowest BCUT2D eigenvalue weighted by Crippen LogP contribution is -2.36. The fraction of sp³-hybridized carbons (Fsp3) is 0.556. The largest absolute Gasteiger partial charge is 0.303 e. The zero-order valence-corrected chi connectivity index (χ0v) is 12.5. The summed E-state index contributed by atoms with van der Waals surface area (Å²) in [5.41, 5.74) is 4.21. The lowest BCUT2D eigenvalue weighted by atomic mass is 9.94. The number of likely N-dealkylation sites (tertiary alicyclic amines) is 1. The van der Waals surface area contributed by atoms with E-state index >= 15 is 0 Å². The molecule has 0 saturated carbocycles. The molecular weight excluding hydrogens is 230 g/mol. The molecule has 1 aliphatic heterocycles. The van der Waals surface area contributed by atoms with Crippen molar-refractivity contribution in [2.75, 3.05) is 13.6 Å². The Morgan fingerprint density at radius 1 is 1.37 bits per heavy atom. The molecule has 1 aliphatic rings. The number of rotatable bonds is 5. The molecule has 1 atom stereocenters. The van der Waals surface area contributed by atoms with Gasteiger partial charge in [0.15, 0.2) is 0 Å². The second-order valence-electron chi connectivity index (χ2n) is 5.76. The van der Waals surface area contributed by atoms with E-state index in [0.717, 1.165) is 12.5 Å². The van der Waals surface area contributed by atoms with Crippen LogP contribution in [0.15, 0.2) is 24.8 Å². The van der Waals surface area contributed by atoms with Gasteiger partial charge < -0.3 is 4.90 Å². The normalized spacial score (nSPS) is 20.4. The second-order valence-corrected chi connectivity index (χ2v) is 5.76. The van der Waals surface area contributed by atoms with Crippen molar-refractivity contribution in [3.05, 3.63) is 41.5 Å². The SMILES string of the molecule is C=Cc1ccc(CCC2CCCCN2C)cc1CC. The smallest absolute Gasteiger partial charge is 0.00953 e. The Balaban J connectivity index is 1.97. The summed E-state index contributed by atoms with van der Waals surface area (Å²) in [6.07, 6.45) is 9.73. The van der Waals surface area contributed by atoms with E-state index in [9.17, 15) is 0 Å². The molecule has 1 fully saturated rings. The van der Waals surface area contributed by atoms with E-state index in [1.54, 1.807) is 0 Å². The molecule has 0 aliphatic carbocycles. The summed E-state index contributed by atoms with van der Waals surface area (Å²) >= 11 is 0. The Hall–Kier alpha value is -1.08. The predicted octanol–water partition coefficient (Wildman–Crippen LogP) is 4.31. The zero-order valence-electron chi connectivity index (χ0n) is 12.5. The summed E-state index contributed by atoms with van der Waals surface area (Å²) in [6.45, 7) is 7.39. The van der Waals surface area contributed by atoms with E-state index in [-0.39, 0.29) is 0 Å². The number of nitrogens with zero attached hydrogens (tertiary/aromatic N) is 1. The molecule has 0 spiro atoms. The molecule has 0 radical (unpaired) electrons. The molecule has 1 aromatic carbocycles. The van der Waals surface area contributed by atoms with Gasteiger partial charge in [0.1, 0.15) is 0 Å². The number of hydrogen-bond acceptors (Lipinski definition) is 1. The Morgan fingerprint density at radius 3 is 2.89 bits per heavy atom. The fourth-order valence-electron chi connectivity index (χ4n) is 3.16. The number of piperidine rings is 1. The average molecular weight is 257 g/mol. The Labute approximate surface area is 118 Å². The Bertz CT molecular complexity index is 422. The minimum absolute atomic E-state index is 0.790. The Kier molecular flexibility index (Phi) is 5.21. The van der Waals surface area contributed by atoms with Gasteiger partial charge >= 0.3 is 0 Å². The van der Waals surface area contributed by atoms with Gasteiger partial charge in [-0.25, -0.2) is 0 Å². The molecule has 1 unspecified atom stereocenters. The minimum Gasteiger partial charge on any atom is -0.303 e. The number of benzene rings is 1. The van der Waals surface area contributed by atoms with Crippen molar-refractivity contribution in [2.24, 2.45) is 0 Å². The lowest BCUT2D eigenvalue weighted by molar-refractivity contribution is 0.176. The zero-order chi connectivity index (χ0) is 13.7. The molecule has 2 rings (SSSR count). The van der Waals surface area contributed by atoms with E-state index in [1.165, 1.54) is 55.3 Å². The van der Waals surface area contributed by atoms with Crippen LogP contribution in [0.2, 0.25) is 0 Å². The highest BCUT2D eigenvalue weighted by Crippen LogP contribution is 2.21. The summed E-state index contributed by atoms with van der Waals surface area (Å²) in [4.78, 5) is 2.54. The van der Waals surface area contributed by atoms with Crippen molar-refractivity contribution in [3.63, 3.8) is 0 Å². The van der Waals surface area contributed by atoms with Gasteiger partial charge in [0.25, 0.3) is 0 Å². The van der Waals surface area contributed by atoms with Gasteiger partial charge in [0.05, 0.1) is 0 Å². The monoisotopic (exact) mass is 257 g/mol. The Morgan fingerprint density at radius 2 is 2.21 bits per heavy atom. The van der Waals surface area contributed by atoms with Crippen molar-refractivity contribution in [2.45, 2.75) is 51.5 Å². The van der Waals surface area contributed by atoms with Crippen molar-refractivity contribution >= 4 is 6.08 Å². The van der Waals surface area contributed by atoms with Gasteiger partial charge in [-0.05, 0) is 62.4 Å². The van der Waals surface area contributed by atoms with Gasteiger partial charge in [-0.3, -0.25) is 0 Å². The van der Waals surface area contributed by atoms with Crippen LogP contribution in [0.3, 0.4) is 0 Å². The van der Waals surface area contributed by atoms with Crippen LogP contribution in [-0.2, 0) is 12.8 Å². The molecule has 0 aromatic heterocycles. The van der Waals surface area contributed by atoms with E-state index < -0.39 is 0 Å². The highest BCUT2D eigenvalue weighted by atomic mass is 15.1. The first-order valence-electron chi connectivity index (χ1n) is 7.69. The third-order valence-corrected chi connectivity index (χ3v) is 4.50. The molecule has 1 nitrogen and oxygen atoms in total. The van der Waals surface area contributed by atoms with Crippen LogP contribution in [0.25, 0.3) is 6.08 Å². The minimum atomic E-state index is 0.790. The molecule has 1 heteroatoms. The van der Waals surface area contributed by atoms with Crippen LogP contribution in [-0.4, -0.2) is 24.5 Å². The number of hydrogen-bond donors (Lipinski definition) is 0. The third-order valence-electron chi connectivity index (χ3n) is 4.50. The van der Waals surface area contributed by atoms with E-state index in [2.05, 4.69) is 43.6 Å². The quantitative estimate of drug-likeness (QED) is 0.760. The summed E-state index contributed by atoms with van der Waals surface area (Å²) in [7, 11) is 2.28. The average Bonchev–Trinajstić information content (AvgIpc) is 2.46. The molecule has 0 bridgehead atoms. The first-order valence-corrected chi connectivity index (χ1v) is 7.69. The molecule has 1 aromatic rings. The maximum Gasteiger partial charge on any atom is 0.00953 e. The van der Waals surface area contributed by atoms with Crippen LogP contribution in [0, 0.1) is 0 Å². The maximum atomic E-state index is 3.89. The summed E-state index contributed by atoms with van der Waals surface area (Å²) in [5, 5.41) is 0. The predicted molar refractivity (Wildman–Crippen MR) is 84.5 cm³/mol. The number of aryl methyl sites for hydroxylation is 2. The van der Waals surface area contributed by atoms with Gasteiger partial charge in [-0.1, -0.05) is 44.2 Å². The summed E-state index contributed by atoms with van der Waals surface area (Å²) in [5.74, 6) is 0. The van der Waals surface area contributed by atoms with Crippen molar-refractivity contribution in [3.8, 4) is 0 Å². The highest BCUT2D eigenvalue weighted by Gasteiger charge is 2.18. The highest BCUT2D eigenvalue weighted by molar-refractivity contribution is 5.52. The molecule has 0 N–H and O–H groups in total. The second kappa shape index (κ2) is 6.91. The van der Waals surface area contributed by atoms with Gasteiger partial charge in [-0.15, -0.1) is 0 Å². The van der Waals surface area contributed by atoms with Gasteiger partial charge in [-0.2, -0.15) is 0 Å². The van der Waals surface area contributed by atoms with E-state index in [1.807, 2.05) is 6.08 Å². The molecule has 1 saturated heterocycles. The van der Waals surface area contributed by atoms with Crippen molar-refractivity contribution in [1.82, 2.24) is 4.90 Å². The van der Waals surface area contributed by atoms with Crippen LogP contribution in [0.1, 0.15) is 49.3 Å². The maximum absolute atomic E-state index is 3.89. The topological polar surface area (TPSA) is 3.24 Å². The van der Waals surface area contributed by atoms with Gasteiger partial charge in [0, 0.05) is 6.04 Å². The van der Waals surface area contributed by atoms with Crippen molar-refractivity contribution < 1.29 is 0 Å². The first kappa shape index (κ1) is 14.3.